The van der Waals surface area contributed by atoms with Crippen LogP contribution in [-0.4, -0.2) is 117 Å². The van der Waals surface area contributed by atoms with Crippen molar-refractivity contribution < 1.29 is 46.2 Å². The number of amides is 5. The highest BCUT2D eigenvalue weighted by Crippen LogP contribution is 2.28. The van der Waals surface area contributed by atoms with Crippen LogP contribution >= 0.6 is 0 Å². The monoisotopic (exact) mass is 732 g/mol. The van der Waals surface area contributed by atoms with Crippen LogP contribution in [0.3, 0.4) is 0 Å². The van der Waals surface area contributed by atoms with Crippen LogP contribution in [0.25, 0.3) is 0 Å². The fourth-order valence-corrected chi connectivity index (χ4v) is 5.81. The number of rotatable bonds is 15. The van der Waals surface area contributed by atoms with Gasteiger partial charge in [-0.05, 0) is 47.8 Å². The van der Waals surface area contributed by atoms with E-state index in [-0.39, 0.29) is 37.6 Å². The molecule has 1 fully saturated rings. The summed E-state index contributed by atoms with van der Waals surface area (Å²) in [5, 5.41) is 20.3. The quantitative estimate of drug-likeness (QED) is 0.182. The standard InChI is InChI=1S/C33H54F2N6O8S/c1-32(2,3)25(19-40(7)50(9,47)48)38-31(46)39-27(33(4,5)6)30(45)41-16-10-11-22(41)29(44)37-21(18-26(34)35)28(43)36-15-14-20-12-13-23(42)24(17-20)49-8/h12-13,17,21-22,25-27,42H,10-11,14-16,18-19H2,1-9H3,(H,36,43)(H,37,44)(H2,38,39,46)/t21-,22-,25+,27+/m0/s1. The molecule has 4 atom stereocenters. The molecule has 14 nitrogen and oxygen atoms in total. The Bertz CT molecular complexity index is 1460. The number of phenols is 1. The maximum Gasteiger partial charge on any atom is 0.315 e. The molecule has 17 heteroatoms. The lowest BCUT2D eigenvalue weighted by atomic mass is 9.85. The largest absolute Gasteiger partial charge is 0.504 e. The Hall–Kier alpha value is -3.73. The molecular formula is C33H54F2N6O8S. The molecule has 1 heterocycles. The van der Waals surface area contributed by atoms with Gasteiger partial charge in [0.2, 0.25) is 34.2 Å². The van der Waals surface area contributed by atoms with E-state index in [1.807, 2.05) is 20.8 Å². The SMILES string of the molecule is COc1cc(CCNC(=O)[C@H](CC(F)F)NC(=O)[C@@H]2CCCN2C(=O)[C@@H](NC(=O)N[C@H](CN(C)S(C)(=O)=O)C(C)(C)C)C(C)(C)C)ccc1O. The summed E-state index contributed by atoms with van der Waals surface area (Å²) < 4.78 is 57.3. The number of benzene rings is 1. The van der Waals surface area contributed by atoms with Gasteiger partial charge < -0.3 is 36.0 Å². The molecule has 1 saturated heterocycles. The highest BCUT2D eigenvalue weighted by atomic mass is 32.2. The van der Waals surface area contributed by atoms with Crippen LogP contribution in [0.5, 0.6) is 11.5 Å². The highest BCUT2D eigenvalue weighted by Gasteiger charge is 2.43. The van der Waals surface area contributed by atoms with Gasteiger partial charge in [-0.15, -0.1) is 0 Å². The van der Waals surface area contributed by atoms with Crippen molar-refractivity contribution in [1.82, 2.24) is 30.5 Å². The molecule has 5 N–H and O–H groups in total. The molecular weight excluding hydrogens is 678 g/mol. The summed E-state index contributed by atoms with van der Waals surface area (Å²) in [6.45, 7) is 10.9. The molecule has 0 aromatic heterocycles. The molecule has 0 bridgehead atoms. The van der Waals surface area contributed by atoms with Gasteiger partial charge in [-0.25, -0.2) is 26.3 Å². The predicted octanol–water partition coefficient (Wildman–Crippen LogP) is 2.21. The number of carbonyl (C=O) groups excluding carboxylic acids is 4. The summed E-state index contributed by atoms with van der Waals surface area (Å²) in [7, 11) is -0.743. The first kappa shape index (κ1) is 42.4. The van der Waals surface area contributed by atoms with Crippen LogP contribution in [0, 0.1) is 10.8 Å². The highest BCUT2D eigenvalue weighted by molar-refractivity contribution is 7.88. The number of sulfonamides is 1. The zero-order valence-corrected chi connectivity index (χ0v) is 31.2. The number of likely N-dealkylation sites (N-methyl/N-ethyl adjacent to an activating group) is 1. The van der Waals surface area contributed by atoms with E-state index in [9.17, 15) is 41.5 Å². The summed E-state index contributed by atoms with van der Waals surface area (Å²) in [6.07, 6.45) is -1.85. The number of aromatic hydroxyl groups is 1. The van der Waals surface area contributed by atoms with E-state index in [0.29, 0.717) is 18.4 Å². The molecule has 1 aliphatic rings. The van der Waals surface area contributed by atoms with Crippen LogP contribution in [-0.2, 0) is 30.8 Å². The molecule has 0 radical (unpaired) electrons. The number of urea groups is 1. The van der Waals surface area contributed by atoms with Crippen LogP contribution in [0.4, 0.5) is 13.6 Å². The number of ether oxygens (including phenoxy) is 1. The number of carbonyl (C=O) groups is 4. The van der Waals surface area contributed by atoms with Gasteiger partial charge in [-0.1, -0.05) is 47.6 Å². The second kappa shape index (κ2) is 17.5. The fourth-order valence-electron chi connectivity index (χ4n) is 5.39. The number of likely N-dealkylation sites (tertiary alicyclic amines) is 1. The summed E-state index contributed by atoms with van der Waals surface area (Å²) in [5.74, 6) is -1.97. The number of hydrogen-bond donors (Lipinski definition) is 5. The lowest BCUT2D eigenvalue weighted by Gasteiger charge is -2.37. The third-order valence-electron chi connectivity index (χ3n) is 8.59. The summed E-state index contributed by atoms with van der Waals surface area (Å²) in [5.41, 5.74) is -0.686. The molecule has 0 spiro atoms. The van der Waals surface area contributed by atoms with Gasteiger partial charge in [0.15, 0.2) is 11.5 Å². The van der Waals surface area contributed by atoms with Crippen molar-refractivity contribution in [2.24, 2.45) is 10.8 Å². The fraction of sp³-hybridized carbons (Fsp3) is 0.697. The van der Waals surface area contributed by atoms with Crippen molar-refractivity contribution in [2.75, 3.05) is 40.0 Å². The first-order valence-electron chi connectivity index (χ1n) is 16.5. The van der Waals surface area contributed by atoms with Gasteiger partial charge in [0.25, 0.3) is 0 Å². The van der Waals surface area contributed by atoms with Crippen LogP contribution in [0.1, 0.15) is 66.4 Å². The average Bonchev–Trinajstić information content (AvgIpc) is 3.48. The van der Waals surface area contributed by atoms with E-state index in [1.165, 1.54) is 25.1 Å². The van der Waals surface area contributed by atoms with Crippen molar-refractivity contribution in [1.29, 1.82) is 0 Å². The Morgan fingerprint density at radius 3 is 2.24 bits per heavy atom. The Kier molecular flexibility index (Phi) is 14.8. The Labute approximate surface area is 294 Å². The molecule has 0 unspecified atom stereocenters. The van der Waals surface area contributed by atoms with Gasteiger partial charge in [-0.3, -0.25) is 14.4 Å². The minimum absolute atomic E-state index is 0.0167. The van der Waals surface area contributed by atoms with Crippen LogP contribution in [0.2, 0.25) is 0 Å². The number of alkyl halides is 2. The van der Waals surface area contributed by atoms with Crippen molar-refractivity contribution in [3.05, 3.63) is 23.8 Å². The van der Waals surface area contributed by atoms with E-state index in [2.05, 4.69) is 21.3 Å². The van der Waals surface area contributed by atoms with Crippen molar-refractivity contribution in [2.45, 2.75) is 97.8 Å². The number of halogens is 2. The molecule has 5 amide bonds. The van der Waals surface area contributed by atoms with E-state index in [1.54, 1.807) is 32.9 Å². The maximum atomic E-state index is 14.0. The first-order valence-corrected chi connectivity index (χ1v) is 18.3. The molecule has 1 aromatic carbocycles. The van der Waals surface area contributed by atoms with Gasteiger partial charge in [0, 0.05) is 39.1 Å². The van der Waals surface area contributed by atoms with Gasteiger partial charge in [0.05, 0.1) is 13.4 Å². The Balaban J connectivity index is 2.16. The second-order valence-corrected chi connectivity index (χ2v) is 16.9. The third-order valence-corrected chi connectivity index (χ3v) is 9.87. The molecule has 1 aromatic rings. The minimum atomic E-state index is -3.54. The van der Waals surface area contributed by atoms with Gasteiger partial charge in [-0.2, -0.15) is 0 Å². The number of nitrogens with one attached hydrogen (secondary N) is 4. The number of hydrogen-bond acceptors (Lipinski definition) is 8. The molecule has 0 saturated carbocycles. The minimum Gasteiger partial charge on any atom is -0.504 e. The van der Waals surface area contributed by atoms with E-state index in [0.717, 1.165) is 10.6 Å². The summed E-state index contributed by atoms with van der Waals surface area (Å²) >= 11 is 0. The van der Waals surface area contributed by atoms with Crippen LogP contribution in [0.15, 0.2) is 18.2 Å². The zero-order valence-electron chi connectivity index (χ0n) is 30.4. The van der Waals surface area contributed by atoms with Crippen molar-refractivity contribution in [3.8, 4) is 11.5 Å². The molecule has 284 valence electrons. The second-order valence-electron chi connectivity index (χ2n) is 14.8. The van der Waals surface area contributed by atoms with Crippen molar-refractivity contribution in [3.63, 3.8) is 0 Å². The molecule has 50 heavy (non-hydrogen) atoms. The number of phenolic OH excluding ortho intramolecular Hbond substituents is 1. The predicted molar refractivity (Wildman–Crippen MR) is 184 cm³/mol. The average molecular weight is 733 g/mol. The number of methoxy groups -OCH3 is 1. The van der Waals surface area contributed by atoms with Crippen LogP contribution < -0.4 is 26.0 Å². The van der Waals surface area contributed by atoms with Crippen molar-refractivity contribution >= 4 is 33.8 Å². The lowest BCUT2D eigenvalue weighted by Crippen LogP contribution is -2.62. The normalized spacial score (nSPS) is 17.2. The van der Waals surface area contributed by atoms with E-state index in [4.69, 9.17) is 4.74 Å². The number of nitrogens with zero attached hydrogens (tertiary/aromatic N) is 2. The van der Waals surface area contributed by atoms with E-state index < -0.39 is 81.6 Å². The van der Waals surface area contributed by atoms with Gasteiger partial charge >= 0.3 is 6.03 Å². The summed E-state index contributed by atoms with van der Waals surface area (Å²) in [6, 6.07) is -0.475. The smallest absolute Gasteiger partial charge is 0.315 e. The van der Waals surface area contributed by atoms with E-state index >= 15 is 0 Å². The first-order chi connectivity index (χ1) is 22.9. The molecule has 0 aliphatic carbocycles. The zero-order chi connectivity index (χ0) is 38.2. The third kappa shape index (κ3) is 12.5. The summed E-state index contributed by atoms with van der Waals surface area (Å²) in [4.78, 5) is 55.0. The Morgan fingerprint density at radius 2 is 1.70 bits per heavy atom. The topological polar surface area (TPSA) is 186 Å². The molecule has 2 rings (SSSR count). The lowest BCUT2D eigenvalue weighted by molar-refractivity contribution is -0.142. The Morgan fingerprint density at radius 1 is 1.06 bits per heavy atom. The maximum absolute atomic E-state index is 14.0. The molecule has 1 aliphatic heterocycles. The van der Waals surface area contributed by atoms with Gasteiger partial charge in [0.1, 0.15) is 18.1 Å².